The number of nitrogens with two attached hydrogens (primary N) is 1. The molecule has 148 valence electrons. The number of nitrogen functional groups attached to an aromatic ring is 1. The monoisotopic (exact) mass is 385 g/mol. The highest BCUT2D eigenvalue weighted by molar-refractivity contribution is 5.81. The first-order chi connectivity index (χ1) is 13.4. The van der Waals surface area contributed by atoms with Crippen molar-refractivity contribution in [2.75, 3.05) is 12.3 Å². The van der Waals surface area contributed by atoms with E-state index in [0.29, 0.717) is 16.7 Å². The number of aliphatic hydroxyl groups excluding tert-OH is 2. The topological polar surface area (TPSA) is 140 Å². The zero-order valence-corrected chi connectivity index (χ0v) is 15.6. The predicted molar refractivity (Wildman–Crippen MR) is 101 cm³/mol. The van der Waals surface area contributed by atoms with E-state index in [1.807, 2.05) is 19.9 Å². The van der Waals surface area contributed by atoms with Gasteiger partial charge in [-0.25, -0.2) is 15.0 Å². The van der Waals surface area contributed by atoms with Gasteiger partial charge in [-0.3, -0.25) is 4.57 Å². The Morgan fingerprint density at radius 3 is 2.57 bits per heavy atom. The van der Waals surface area contributed by atoms with E-state index in [-0.39, 0.29) is 11.7 Å². The lowest BCUT2D eigenvalue weighted by Gasteiger charge is -2.45. The summed E-state index contributed by atoms with van der Waals surface area (Å²) in [6, 6.07) is 8.78. The second-order valence-corrected chi connectivity index (χ2v) is 7.31. The number of nitrogens with zero attached hydrogens (tertiary/aromatic N) is 4. The molecule has 0 amide bonds. The van der Waals surface area contributed by atoms with Crippen LogP contribution in [0.5, 0.6) is 0 Å². The van der Waals surface area contributed by atoms with Crippen LogP contribution >= 0.6 is 0 Å². The summed E-state index contributed by atoms with van der Waals surface area (Å²) in [7, 11) is 0. The number of rotatable bonds is 4. The third-order valence-corrected chi connectivity index (χ3v) is 5.55. The summed E-state index contributed by atoms with van der Waals surface area (Å²) in [5, 5.41) is 32.9. The lowest BCUT2D eigenvalue weighted by molar-refractivity contribution is -0.225. The number of aromatic nitrogens is 4. The summed E-state index contributed by atoms with van der Waals surface area (Å²) < 4.78 is 7.79. The van der Waals surface area contributed by atoms with Gasteiger partial charge < -0.3 is 25.8 Å². The Morgan fingerprint density at radius 2 is 1.93 bits per heavy atom. The molecular formula is C19H23N5O4. The van der Waals surface area contributed by atoms with Gasteiger partial charge >= 0.3 is 0 Å². The van der Waals surface area contributed by atoms with Crippen molar-refractivity contribution in [3.8, 4) is 0 Å². The number of fused-ring (bicyclic) bond motifs is 1. The van der Waals surface area contributed by atoms with Gasteiger partial charge in [0, 0.05) is 5.92 Å². The normalized spacial score (nSPS) is 30.4. The second kappa shape index (κ2) is 6.49. The number of anilines is 1. The molecule has 1 aromatic carbocycles. The first kappa shape index (κ1) is 18.8. The van der Waals surface area contributed by atoms with Crippen LogP contribution in [0.15, 0.2) is 43.0 Å². The second-order valence-electron chi connectivity index (χ2n) is 7.31. The third-order valence-electron chi connectivity index (χ3n) is 5.55. The van der Waals surface area contributed by atoms with E-state index >= 15 is 0 Å². The fourth-order valence-electron chi connectivity index (χ4n) is 4.26. The van der Waals surface area contributed by atoms with Gasteiger partial charge in [-0.05, 0) is 5.56 Å². The van der Waals surface area contributed by atoms with Crippen LogP contribution in [0.4, 0.5) is 5.82 Å². The van der Waals surface area contributed by atoms with Crippen molar-refractivity contribution < 1.29 is 20.1 Å². The van der Waals surface area contributed by atoms with Crippen molar-refractivity contribution in [3.63, 3.8) is 0 Å². The summed E-state index contributed by atoms with van der Waals surface area (Å²) in [6.07, 6.45) is 0.374. The number of hydrogen-bond acceptors (Lipinski definition) is 8. The van der Waals surface area contributed by atoms with Crippen LogP contribution in [-0.2, 0) is 16.1 Å². The summed E-state index contributed by atoms with van der Waals surface area (Å²) in [4.78, 5) is 12.5. The van der Waals surface area contributed by atoms with E-state index in [9.17, 15) is 15.3 Å². The summed E-state index contributed by atoms with van der Waals surface area (Å²) in [6.45, 7) is 3.25. The van der Waals surface area contributed by atoms with Crippen LogP contribution in [0.3, 0.4) is 0 Å². The molecule has 1 fully saturated rings. The van der Waals surface area contributed by atoms with Gasteiger partial charge in [0.2, 0.25) is 0 Å². The summed E-state index contributed by atoms with van der Waals surface area (Å²) in [5.74, 6) is -0.152. The molecule has 0 radical (unpaired) electrons. The number of ether oxygens (including phenoxy) is 1. The maximum atomic E-state index is 12.0. The standard InChI is InChI=1S/C19H23N5O4/c1-11(2)19(24-10-23-14-16(20)21-9-22-17(14)24)18(27,12-6-4-3-5-7-12)15(26)13(8-25)28-19/h3-7,9-11,13,15,25-27H,8H2,1-2H3,(H2,20,21,22). The molecule has 5 N–H and O–H groups in total. The maximum absolute atomic E-state index is 12.0. The van der Waals surface area contributed by atoms with Gasteiger partial charge in [0.15, 0.2) is 22.8 Å². The SMILES string of the molecule is CC(C)C1(n2cnc3c(N)ncnc32)OC(CO)C(O)C1(O)c1ccccc1. The molecule has 4 atom stereocenters. The van der Waals surface area contributed by atoms with Gasteiger partial charge in [0.25, 0.3) is 0 Å². The number of aliphatic hydroxyl groups is 3. The largest absolute Gasteiger partial charge is 0.394 e. The lowest BCUT2D eigenvalue weighted by atomic mass is 9.74. The van der Waals surface area contributed by atoms with Gasteiger partial charge in [0.05, 0.1) is 12.9 Å². The van der Waals surface area contributed by atoms with Crippen LogP contribution in [0.1, 0.15) is 19.4 Å². The van der Waals surface area contributed by atoms with E-state index in [1.54, 1.807) is 28.8 Å². The van der Waals surface area contributed by atoms with Crippen molar-refractivity contribution in [2.45, 2.75) is 37.4 Å². The minimum atomic E-state index is -1.89. The first-order valence-electron chi connectivity index (χ1n) is 9.06. The highest BCUT2D eigenvalue weighted by Gasteiger charge is 2.68. The molecule has 0 spiro atoms. The van der Waals surface area contributed by atoms with E-state index < -0.39 is 30.1 Å². The van der Waals surface area contributed by atoms with Crippen LogP contribution < -0.4 is 5.73 Å². The van der Waals surface area contributed by atoms with E-state index in [1.165, 1.54) is 12.7 Å². The van der Waals surface area contributed by atoms with Gasteiger partial charge in [-0.15, -0.1) is 0 Å². The van der Waals surface area contributed by atoms with Crippen LogP contribution in [0, 0.1) is 5.92 Å². The van der Waals surface area contributed by atoms with Crippen LogP contribution in [0.25, 0.3) is 11.2 Å². The molecule has 1 aliphatic rings. The Hall–Kier alpha value is -2.59. The molecular weight excluding hydrogens is 362 g/mol. The van der Waals surface area contributed by atoms with E-state index in [2.05, 4.69) is 15.0 Å². The Balaban J connectivity index is 2.06. The highest BCUT2D eigenvalue weighted by Crippen LogP contribution is 2.54. The molecule has 1 aliphatic heterocycles. The Labute approximate surface area is 161 Å². The molecule has 2 aromatic heterocycles. The molecule has 3 heterocycles. The predicted octanol–water partition coefficient (Wildman–Crippen LogP) is 0.357. The molecule has 1 saturated heterocycles. The molecule has 0 bridgehead atoms. The Bertz CT molecular complexity index is 994. The number of benzene rings is 1. The quantitative estimate of drug-likeness (QED) is 0.505. The molecule has 0 aliphatic carbocycles. The van der Waals surface area contributed by atoms with Crippen LogP contribution in [-0.4, -0.2) is 53.7 Å². The Kier molecular flexibility index (Phi) is 4.35. The molecule has 4 rings (SSSR count). The first-order valence-corrected chi connectivity index (χ1v) is 9.06. The molecule has 3 aromatic rings. The zero-order chi connectivity index (χ0) is 20.1. The summed E-state index contributed by atoms with van der Waals surface area (Å²) in [5.41, 5.74) is 3.72. The minimum Gasteiger partial charge on any atom is -0.394 e. The van der Waals surface area contributed by atoms with Crippen molar-refractivity contribution in [3.05, 3.63) is 48.5 Å². The van der Waals surface area contributed by atoms with Crippen LogP contribution in [0.2, 0.25) is 0 Å². The average Bonchev–Trinajstić information content (AvgIpc) is 3.23. The van der Waals surface area contributed by atoms with Crippen molar-refractivity contribution >= 4 is 17.0 Å². The molecule has 9 heteroatoms. The smallest absolute Gasteiger partial charge is 0.185 e. The lowest BCUT2D eigenvalue weighted by Crippen LogP contribution is -2.58. The third kappa shape index (κ3) is 2.24. The van der Waals surface area contributed by atoms with E-state index in [4.69, 9.17) is 10.5 Å². The van der Waals surface area contributed by atoms with Crippen molar-refractivity contribution in [2.24, 2.45) is 5.92 Å². The average molecular weight is 385 g/mol. The molecule has 0 saturated carbocycles. The minimum absolute atomic E-state index is 0.197. The molecule has 4 unspecified atom stereocenters. The summed E-state index contributed by atoms with van der Waals surface area (Å²) >= 11 is 0. The van der Waals surface area contributed by atoms with Crippen molar-refractivity contribution in [1.82, 2.24) is 19.5 Å². The number of hydrogen-bond donors (Lipinski definition) is 4. The number of imidazole rings is 1. The van der Waals surface area contributed by atoms with Crippen molar-refractivity contribution in [1.29, 1.82) is 0 Å². The fraction of sp³-hybridized carbons (Fsp3) is 0.421. The van der Waals surface area contributed by atoms with Gasteiger partial charge in [0.1, 0.15) is 24.1 Å². The van der Waals surface area contributed by atoms with Gasteiger partial charge in [-0.2, -0.15) is 0 Å². The van der Waals surface area contributed by atoms with E-state index in [0.717, 1.165) is 0 Å². The molecule has 28 heavy (non-hydrogen) atoms. The highest BCUT2D eigenvalue weighted by atomic mass is 16.6. The fourth-order valence-corrected chi connectivity index (χ4v) is 4.26. The maximum Gasteiger partial charge on any atom is 0.185 e. The van der Waals surface area contributed by atoms with Gasteiger partial charge in [-0.1, -0.05) is 44.2 Å². The zero-order valence-electron chi connectivity index (χ0n) is 15.6. The Morgan fingerprint density at radius 1 is 1.21 bits per heavy atom. The molecule has 9 nitrogen and oxygen atoms in total.